The smallest absolute Gasteiger partial charge is 0.280 e. The van der Waals surface area contributed by atoms with E-state index in [1.54, 1.807) is 7.05 Å². The lowest BCUT2D eigenvalue weighted by Gasteiger charge is -2.10. The minimum Gasteiger partial charge on any atom is -0.280 e. The maximum atomic E-state index is 12.2. The normalized spacial score (nSPS) is 15.1. The molecule has 0 amide bonds. The number of hydrogen-bond donors (Lipinski definition) is 0. The van der Waals surface area contributed by atoms with E-state index < -0.39 is 0 Å². The van der Waals surface area contributed by atoms with Crippen LogP contribution in [0, 0.1) is 0 Å². The first-order valence-corrected chi connectivity index (χ1v) is 7.28. The van der Waals surface area contributed by atoms with E-state index in [0.29, 0.717) is 22.0 Å². The van der Waals surface area contributed by atoms with Crippen LogP contribution in [-0.4, -0.2) is 25.4 Å². The van der Waals surface area contributed by atoms with Crippen LogP contribution in [0.15, 0.2) is 14.6 Å². The number of aromatic nitrogens is 4. The van der Waals surface area contributed by atoms with Crippen LogP contribution in [0.5, 0.6) is 0 Å². The van der Waals surface area contributed by atoms with E-state index >= 15 is 0 Å². The van der Waals surface area contributed by atoms with Gasteiger partial charge in [-0.1, -0.05) is 0 Å². The molecular formula is C12H14N4O2S. The van der Waals surface area contributed by atoms with Crippen LogP contribution in [-0.2, 0) is 14.1 Å². The fraction of sp³-hybridized carbons (Fsp3) is 0.500. The molecule has 1 fully saturated rings. The largest absolute Gasteiger partial charge is 0.332 e. The zero-order valence-corrected chi connectivity index (χ0v) is 11.8. The molecule has 0 aliphatic heterocycles. The molecule has 0 spiro atoms. The quantitative estimate of drug-likeness (QED) is 0.595. The van der Waals surface area contributed by atoms with Crippen LogP contribution in [0.2, 0.25) is 0 Å². The second kappa shape index (κ2) is 4.19. The molecule has 0 unspecified atom stereocenters. The highest BCUT2D eigenvalue weighted by Gasteiger charge is 2.28. The van der Waals surface area contributed by atoms with Crippen LogP contribution in [0.1, 0.15) is 24.6 Å². The Hall–Kier alpha value is -1.63. The van der Waals surface area contributed by atoms with E-state index in [9.17, 15) is 9.59 Å². The van der Waals surface area contributed by atoms with Gasteiger partial charge in [-0.2, -0.15) is 0 Å². The summed E-state index contributed by atoms with van der Waals surface area (Å²) in [4.78, 5) is 33.1. The Morgan fingerprint density at radius 3 is 2.42 bits per heavy atom. The monoisotopic (exact) mass is 278 g/mol. The van der Waals surface area contributed by atoms with Crippen LogP contribution < -0.4 is 11.2 Å². The first kappa shape index (κ1) is 12.4. The highest BCUT2D eigenvalue weighted by molar-refractivity contribution is 7.98. The second-order valence-electron chi connectivity index (χ2n) is 4.77. The Morgan fingerprint density at radius 2 is 1.84 bits per heavy atom. The second-order valence-corrected chi connectivity index (χ2v) is 5.56. The van der Waals surface area contributed by atoms with Crippen LogP contribution in [0.3, 0.4) is 0 Å². The summed E-state index contributed by atoms with van der Waals surface area (Å²) < 4.78 is 2.52. The first-order chi connectivity index (χ1) is 9.04. The molecule has 19 heavy (non-hydrogen) atoms. The molecule has 0 atom stereocenters. The number of thioether (sulfide) groups is 1. The van der Waals surface area contributed by atoms with Crippen molar-refractivity contribution in [2.75, 3.05) is 6.26 Å². The number of aryl methyl sites for hydroxylation is 1. The molecule has 2 aromatic heterocycles. The van der Waals surface area contributed by atoms with Crippen LogP contribution >= 0.6 is 11.8 Å². The standard InChI is InChI=1S/C12H14N4O2S/c1-15-9-7(11(17)16(2)12(15)18)10(19-3)14-8(13-9)6-4-5-6/h6H,4-5H2,1-3H3. The van der Waals surface area contributed by atoms with E-state index in [4.69, 9.17) is 0 Å². The summed E-state index contributed by atoms with van der Waals surface area (Å²) in [7, 11) is 3.11. The third-order valence-electron chi connectivity index (χ3n) is 3.42. The lowest BCUT2D eigenvalue weighted by atomic mass is 10.3. The third-order valence-corrected chi connectivity index (χ3v) is 4.10. The molecule has 1 saturated carbocycles. The van der Waals surface area contributed by atoms with Gasteiger partial charge in [-0.15, -0.1) is 11.8 Å². The van der Waals surface area contributed by atoms with Crippen molar-refractivity contribution >= 4 is 22.8 Å². The molecular weight excluding hydrogens is 264 g/mol. The average Bonchev–Trinajstić information content (AvgIpc) is 3.25. The van der Waals surface area contributed by atoms with Gasteiger partial charge in [0.15, 0.2) is 5.65 Å². The molecule has 1 aliphatic carbocycles. The van der Waals surface area contributed by atoms with Crippen molar-refractivity contribution in [3.05, 3.63) is 26.7 Å². The Bertz CT molecular complexity index is 789. The molecule has 100 valence electrons. The van der Waals surface area contributed by atoms with Crippen LogP contribution in [0.25, 0.3) is 11.0 Å². The van der Waals surface area contributed by atoms with E-state index in [0.717, 1.165) is 23.2 Å². The van der Waals surface area contributed by atoms with Crippen molar-refractivity contribution in [3.63, 3.8) is 0 Å². The molecule has 2 heterocycles. The molecule has 0 aromatic carbocycles. The van der Waals surface area contributed by atoms with Crippen molar-refractivity contribution < 1.29 is 0 Å². The van der Waals surface area contributed by atoms with Gasteiger partial charge in [0.1, 0.15) is 16.2 Å². The predicted molar refractivity (Wildman–Crippen MR) is 73.8 cm³/mol. The highest BCUT2D eigenvalue weighted by atomic mass is 32.2. The summed E-state index contributed by atoms with van der Waals surface area (Å²) in [6, 6.07) is 0. The van der Waals surface area contributed by atoms with Gasteiger partial charge in [0.25, 0.3) is 5.56 Å². The molecule has 0 saturated heterocycles. The molecule has 7 heteroatoms. The zero-order chi connectivity index (χ0) is 13.7. The van der Waals surface area contributed by atoms with Crippen molar-refractivity contribution in [3.8, 4) is 0 Å². The van der Waals surface area contributed by atoms with Gasteiger partial charge in [-0.05, 0) is 19.1 Å². The summed E-state index contributed by atoms with van der Waals surface area (Å²) in [6.07, 6.45) is 4.04. The fourth-order valence-corrected chi connectivity index (χ4v) is 2.68. The number of hydrogen-bond acceptors (Lipinski definition) is 5. The average molecular weight is 278 g/mol. The van der Waals surface area contributed by atoms with E-state index in [2.05, 4.69) is 9.97 Å². The third kappa shape index (κ3) is 1.80. The predicted octanol–water partition coefficient (Wildman–Crippen LogP) is 0.626. The minimum absolute atomic E-state index is 0.329. The molecule has 3 rings (SSSR count). The summed E-state index contributed by atoms with van der Waals surface area (Å²) in [5, 5.41) is 1.09. The summed E-state index contributed by atoms with van der Waals surface area (Å²) in [5.41, 5.74) is -0.246. The van der Waals surface area contributed by atoms with Crippen LogP contribution in [0.4, 0.5) is 0 Å². The maximum absolute atomic E-state index is 12.2. The minimum atomic E-state index is -0.356. The number of rotatable bonds is 2. The summed E-state index contributed by atoms with van der Waals surface area (Å²) in [5.74, 6) is 1.13. The van der Waals surface area contributed by atoms with Gasteiger partial charge in [0, 0.05) is 20.0 Å². The van der Waals surface area contributed by atoms with Gasteiger partial charge >= 0.3 is 5.69 Å². The van der Waals surface area contributed by atoms with Gasteiger partial charge in [0.2, 0.25) is 0 Å². The van der Waals surface area contributed by atoms with E-state index in [1.807, 2.05) is 6.26 Å². The SMILES string of the molecule is CSc1nc(C2CC2)nc2c1c(=O)n(C)c(=O)n2C. The zero-order valence-electron chi connectivity index (χ0n) is 11.0. The van der Waals surface area contributed by atoms with Crippen molar-refractivity contribution in [2.24, 2.45) is 14.1 Å². The topological polar surface area (TPSA) is 69.8 Å². The summed E-state index contributed by atoms with van der Waals surface area (Å²) in [6.45, 7) is 0. The van der Waals surface area contributed by atoms with Crippen molar-refractivity contribution in [1.29, 1.82) is 0 Å². The molecule has 2 aromatic rings. The number of fused-ring (bicyclic) bond motifs is 1. The maximum Gasteiger partial charge on any atom is 0.332 e. The molecule has 1 aliphatic rings. The number of nitrogens with zero attached hydrogens (tertiary/aromatic N) is 4. The van der Waals surface area contributed by atoms with Gasteiger partial charge in [-0.3, -0.25) is 13.9 Å². The van der Waals surface area contributed by atoms with E-state index in [-0.39, 0.29) is 11.2 Å². The fourth-order valence-electron chi connectivity index (χ4n) is 2.12. The van der Waals surface area contributed by atoms with Crippen molar-refractivity contribution in [1.82, 2.24) is 19.1 Å². The highest BCUT2D eigenvalue weighted by Crippen LogP contribution is 2.39. The Kier molecular flexibility index (Phi) is 2.74. The lowest BCUT2D eigenvalue weighted by molar-refractivity contribution is 0.698. The molecule has 6 nitrogen and oxygen atoms in total. The Balaban J connectivity index is 2.50. The van der Waals surface area contributed by atoms with Gasteiger partial charge < -0.3 is 0 Å². The lowest BCUT2D eigenvalue weighted by Crippen LogP contribution is -2.37. The van der Waals surface area contributed by atoms with E-state index in [1.165, 1.54) is 23.4 Å². The van der Waals surface area contributed by atoms with Crippen molar-refractivity contribution in [2.45, 2.75) is 23.8 Å². The Labute approximate surface area is 113 Å². The molecule has 0 bridgehead atoms. The van der Waals surface area contributed by atoms with Gasteiger partial charge in [0.05, 0.1) is 0 Å². The first-order valence-electron chi connectivity index (χ1n) is 6.06. The Morgan fingerprint density at radius 1 is 1.16 bits per heavy atom. The molecule has 0 N–H and O–H groups in total. The molecule has 0 radical (unpaired) electrons. The van der Waals surface area contributed by atoms with Gasteiger partial charge in [-0.25, -0.2) is 14.8 Å². The summed E-state index contributed by atoms with van der Waals surface area (Å²) >= 11 is 1.42.